The van der Waals surface area contributed by atoms with Crippen LogP contribution in [0, 0.1) is 12.7 Å². The summed E-state index contributed by atoms with van der Waals surface area (Å²) >= 11 is 0. The van der Waals surface area contributed by atoms with Crippen molar-refractivity contribution in [2.75, 3.05) is 13.1 Å². The molecule has 1 unspecified atom stereocenters. The van der Waals surface area contributed by atoms with Crippen molar-refractivity contribution in [3.05, 3.63) is 35.1 Å². The predicted octanol–water partition coefficient (Wildman–Crippen LogP) is 2.76. The van der Waals surface area contributed by atoms with E-state index in [4.69, 9.17) is 1.37 Å². The van der Waals surface area contributed by atoms with Gasteiger partial charge in [-0.25, -0.2) is 4.39 Å². The molecule has 0 aliphatic carbocycles. The summed E-state index contributed by atoms with van der Waals surface area (Å²) in [5.74, 6) is -0.750. The molecule has 86 valence electrons. The summed E-state index contributed by atoms with van der Waals surface area (Å²) in [4.78, 5) is 13.8. The monoisotopic (exact) mass is 222 g/mol. The van der Waals surface area contributed by atoms with Crippen LogP contribution in [0.3, 0.4) is 0 Å². The maximum Gasteiger partial charge on any atom is 0.257 e. The van der Waals surface area contributed by atoms with Gasteiger partial charge in [0.05, 0.1) is 5.56 Å². The lowest BCUT2D eigenvalue weighted by molar-refractivity contribution is 0.0719. The van der Waals surface area contributed by atoms with Crippen LogP contribution in [0.4, 0.5) is 4.39 Å². The Morgan fingerprint density at radius 3 is 2.94 bits per heavy atom. The molecular weight excluding hydrogens is 205 g/mol. The number of nitrogens with zero attached hydrogens (tertiary/aromatic N) is 1. The third-order valence-electron chi connectivity index (χ3n) is 2.91. The number of hydrogen-bond donors (Lipinski definition) is 0. The number of carbonyl (C=O) groups is 1. The minimum Gasteiger partial charge on any atom is -0.339 e. The molecule has 1 amide bonds. The van der Waals surface area contributed by atoms with Gasteiger partial charge in [-0.2, -0.15) is 0 Å². The zero-order chi connectivity index (χ0) is 12.4. The lowest BCUT2D eigenvalue weighted by Gasteiger charge is -2.27. The van der Waals surface area contributed by atoms with E-state index in [1.807, 2.05) is 0 Å². The number of amides is 1. The first-order valence-electron chi connectivity index (χ1n) is 6.14. The van der Waals surface area contributed by atoms with E-state index >= 15 is 0 Å². The van der Waals surface area contributed by atoms with Crippen LogP contribution in [0.2, 0.25) is 0 Å². The first-order chi connectivity index (χ1) is 8.09. The number of hydrogen-bond acceptors (Lipinski definition) is 1. The molecule has 0 aromatic heterocycles. The summed E-state index contributed by atoms with van der Waals surface area (Å²) in [5, 5.41) is 0. The molecule has 2 nitrogen and oxygen atoms in total. The second-order valence-corrected chi connectivity index (χ2v) is 4.11. The van der Waals surface area contributed by atoms with Crippen molar-refractivity contribution < 1.29 is 10.6 Å². The van der Waals surface area contributed by atoms with Crippen molar-refractivity contribution in [2.45, 2.75) is 26.2 Å². The molecule has 3 heteroatoms. The van der Waals surface area contributed by atoms with Gasteiger partial charge in [-0.15, -0.1) is 0 Å². The van der Waals surface area contributed by atoms with Gasteiger partial charge in [0, 0.05) is 14.5 Å². The van der Waals surface area contributed by atoms with Crippen molar-refractivity contribution in [1.82, 2.24) is 4.90 Å². The van der Waals surface area contributed by atoms with E-state index in [2.05, 4.69) is 0 Å². The molecule has 1 fully saturated rings. The Hall–Kier alpha value is -1.38. The van der Waals surface area contributed by atoms with Gasteiger partial charge in [-0.3, -0.25) is 4.79 Å². The van der Waals surface area contributed by atoms with Gasteiger partial charge in [0.25, 0.3) is 5.91 Å². The van der Waals surface area contributed by atoms with E-state index in [1.165, 1.54) is 6.07 Å². The summed E-state index contributed by atoms with van der Waals surface area (Å²) in [6, 6.07) is 4.64. The zero-order valence-electron chi connectivity index (χ0n) is 10.4. The van der Waals surface area contributed by atoms with Crippen LogP contribution in [-0.2, 0) is 0 Å². The van der Waals surface area contributed by atoms with Crippen molar-refractivity contribution in [1.29, 1.82) is 0 Å². The van der Waals surface area contributed by atoms with E-state index in [-0.39, 0.29) is 17.9 Å². The number of carbonyl (C=O) groups excluding carboxylic acids is 1. The predicted molar refractivity (Wildman–Crippen MR) is 60.9 cm³/mol. The van der Waals surface area contributed by atoms with Crippen molar-refractivity contribution in [3.8, 4) is 0 Å². The van der Waals surface area contributed by atoms with Crippen LogP contribution in [-0.4, -0.2) is 23.9 Å². The second kappa shape index (κ2) is 4.64. The molecule has 2 rings (SSSR count). The molecule has 0 radical (unpaired) electrons. The van der Waals surface area contributed by atoms with E-state index in [9.17, 15) is 9.18 Å². The molecule has 1 saturated heterocycles. The standard InChI is InChI=1S/C13H16FNO/c1-10-6-5-7-11(14)12(10)13(16)15-8-3-2-4-9-15/h5-7H,2-4,8-9H2,1H3/i3D. The van der Waals surface area contributed by atoms with Crippen LogP contribution >= 0.6 is 0 Å². The van der Waals surface area contributed by atoms with Gasteiger partial charge in [-0.1, -0.05) is 12.1 Å². The molecule has 1 aromatic carbocycles. The zero-order valence-corrected chi connectivity index (χ0v) is 9.37. The Balaban J connectivity index is 2.24. The van der Waals surface area contributed by atoms with Crippen molar-refractivity contribution in [3.63, 3.8) is 0 Å². The number of benzene rings is 1. The molecule has 16 heavy (non-hydrogen) atoms. The quantitative estimate of drug-likeness (QED) is 0.715. The Labute approximate surface area is 96.5 Å². The highest BCUT2D eigenvalue weighted by molar-refractivity contribution is 5.95. The lowest BCUT2D eigenvalue weighted by Crippen LogP contribution is -2.36. The Bertz CT molecular complexity index is 415. The van der Waals surface area contributed by atoms with Crippen LogP contribution in [0.1, 0.15) is 36.5 Å². The molecule has 0 spiro atoms. The minimum atomic E-state index is -0.470. The van der Waals surface area contributed by atoms with Crippen LogP contribution in [0.25, 0.3) is 0 Å². The molecule has 1 atom stereocenters. The van der Waals surface area contributed by atoms with Gasteiger partial charge in [0.15, 0.2) is 0 Å². The highest BCUT2D eigenvalue weighted by Crippen LogP contribution is 2.18. The average Bonchev–Trinajstić information content (AvgIpc) is 2.28. The van der Waals surface area contributed by atoms with E-state index < -0.39 is 5.82 Å². The normalized spacial score (nSPS) is 21.8. The maximum absolute atomic E-state index is 13.7. The first-order valence-corrected chi connectivity index (χ1v) is 5.56. The summed E-state index contributed by atoms with van der Waals surface area (Å²) < 4.78 is 21.3. The minimum absolute atomic E-state index is 0.154. The third-order valence-corrected chi connectivity index (χ3v) is 2.91. The summed E-state index contributed by atoms with van der Waals surface area (Å²) in [5.41, 5.74) is 0.809. The van der Waals surface area contributed by atoms with Crippen LogP contribution in [0.5, 0.6) is 0 Å². The molecule has 0 N–H and O–H groups in total. The molecule has 1 heterocycles. The number of halogens is 1. The average molecular weight is 222 g/mol. The van der Waals surface area contributed by atoms with E-state index in [1.54, 1.807) is 24.0 Å². The largest absolute Gasteiger partial charge is 0.339 e. The second-order valence-electron chi connectivity index (χ2n) is 4.11. The molecule has 1 aliphatic rings. The number of piperidine rings is 1. The van der Waals surface area contributed by atoms with Gasteiger partial charge in [-0.05, 0) is 37.8 Å². The summed E-state index contributed by atoms with van der Waals surface area (Å²) in [6.07, 6.45) is 1.41. The fourth-order valence-electron chi connectivity index (χ4n) is 2.01. The van der Waals surface area contributed by atoms with E-state index in [0.29, 0.717) is 18.7 Å². The Morgan fingerprint density at radius 2 is 2.25 bits per heavy atom. The van der Waals surface area contributed by atoms with Gasteiger partial charge >= 0.3 is 0 Å². The van der Waals surface area contributed by atoms with Crippen LogP contribution in [0.15, 0.2) is 18.2 Å². The smallest absolute Gasteiger partial charge is 0.257 e. The Kier molecular flexibility index (Phi) is 2.85. The lowest BCUT2D eigenvalue weighted by atomic mass is 10.0. The summed E-state index contributed by atoms with van der Waals surface area (Å²) in [7, 11) is 0. The number of aryl methyl sites for hydroxylation is 1. The Morgan fingerprint density at radius 1 is 1.44 bits per heavy atom. The SMILES string of the molecule is [2H]C1CCCN(C(=O)c2c(C)cccc2F)C1. The number of likely N-dealkylation sites (tertiary alicyclic amines) is 1. The van der Waals surface area contributed by atoms with Crippen LogP contribution < -0.4 is 0 Å². The van der Waals surface area contributed by atoms with Crippen molar-refractivity contribution >= 4 is 5.91 Å². The van der Waals surface area contributed by atoms with Crippen molar-refractivity contribution in [2.24, 2.45) is 0 Å². The molecule has 1 aliphatic heterocycles. The third kappa shape index (κ3) is 2.08. The van der Waals surface area contributed by atoms with Gasteiger partial charge in [0.2, 0.25) is 0 Å². The fraction of sp³-hybridized carbons (Fsp3) is 0.462. The molecule has 0 bridgehead atoms. The molecule has 0 saturated carbocycles. The highest BCUT2D eigenvalue weighted by atomic mass is 19.1. The topological polar surface area (TPSA) is 20.3 Å². The number of rotatable bonds is 1. The maximum atomic E-state index is 13.7. The first kappa shape index (κ1) is 9.82. The molecular formula is C13H16FNO. The van der Waals surface area contributed by atoms with Gasteiger partial charge in [0.1, 0.15) is 5.82 Å². The highest BCUT2D eigenvalue weighted by Gasteiger charge is 2.22. The van der Waals surface area contributed by atoms with Gasteiger partial charge < -0.3 is 4.90 Å². The molecule has 1 aromatic rings. The fourth-order valence-corrected chi connectivity index (χ4v) is 2.01. The summed E-state index contributed by atoms with van der Waals surface area (Å²) in [6.45, 7) is 2.77. The van der Waals surface area contributed by atoms with E-state index in [0.717, 1.165) is 12.8 Å².